The number of benzene rings is 4. The number of carbonyl (C=O) groups excluding carboxylic acids is 3. The lowest BCUT2D eigenvalue weighted by atomic mass is 9.80. The molecule has 4 aromatic rings. The number of primary amides is 1. The minimum atomic E-state index is -1.64. The maximum Gasteiger partial charge on any atom is 0.488 e. The number of nitrogens with two attached hydrogens (primary N) is 1. The number of hydrogen-bond acceptors (Lipinski definition) is 5. The molecule has 1 atom stereocenters. The normalized spacial score (nSPS) is 11.7. The van der Waals surface area contributed by atoms with E-state index >= 15 is 0 Å². The van der Waals surface area contributed by atoms with Gasteiger partial charge in [-0.3, -0.25) is 14.4 Å². The molecule has 0 radical (unpaired) electrons. The Hall–Kier alpha value is -4.21. The number of hydrogen-bond donors (Lipinski definition) is 5. The van der Waals surface area contributed by atoms with E-state index in [4.69, 9.17) is 5.73 Å². The highest BCUT2D eigenvalue weighted by molar-refractivity contribution is 6.58. The van der Waals surface area contributed by atoms with Gasteiger partial charge < -0.3 is 26.4 Å². The van der Waals surface area contributed by atoms with Gasteiger partial charge in [-0.1, -0.05) is 60.7 Å². The molecule has 182 valence electrons. The monoisotopic (exact) mass is 483 g/mol. The van der Waals surface area contributed by atoms with Crippen molar-refractivity contribution >= 4 is 51.8 Å². The summed E-state index contributed by atoms with van der Waals surface area (Å²) in [5, 5.41) is 27.5. The second kappa shape index (κ2) is 11.0. The van der Waals surface area contributed by atoms with Gasteiger partial charge >= 0.3 is 7.12 Å². The summed E-state index contributed by atoms with van der Waals surface area (Å²) in [6.45, 7) is 0.291. The van der Waals surface area contributed by atoms with Gasteiger partial charge in [0.1, 0.15) is 6.04 Å². The van der Waals surface area contributed by atoms with Crippen LogP contribution in [-0.4, -0.2) is 47.5 Å². The third-order valence-corrected chi connectivity index (χ3v) is 6.07. The average molecular weight is 483 g/mol. The van der Waals surface area contributed by atoms with Crippen LogP contribution in [0.1, 0.15) is 33.6 Å². The minimum absolute atomic E-state index is 0.214. The van der Waals surface area contributed by atoms with Gasteiger partial charge in [-0.2, -0.15) is 0 Å². The first kappa shape index (κ1) is 24.9. The number of fused-ring (bicyclic) bond motifs is 2. The van der Waals surface area contributed by atoms with Crippen LogP contribution in [-0.2, 0) is 4.79 Å². The summed E-state index contributed by atoms with van der Waals surface area (Å²) >= 11 is 0. The van der Waals surface area contributed by atoms with Gasteiger partial charge in [-0.15, -0.1) is 0 Å². The van der Waals surface area contributed by atoms with E-state index < -0.39 is 25.0 Å². The molecule has 0 saturated heterocycles. The lowest BCUT2D eigenvalue weighted by molar-refractivity contribution is -0.120. The highest BCUT2D eigenvalue weighted by Gasteiger charge is 2.20. The van der Waals surface area contributed by atoms with E-state index in [9.17, 15) is 24.4 Å². The van der Waals surface area contributed by atoms with Crippen molar-refractivity contribution in [2.75, 3.05) is 6.54 Å². The predicted molar refractivity (Wildman–Crippen MR) is 140 cm³/mol. The molecule has 0 aliphatic heterocycles. The predicted octanol–water partition coefficient (Wildman–Crippen LogP) is 1.47. The van der Waals surface area contributed by atoms with Crippen molar-refractivity contribution in [1.82, 2.24) is 10.6 Å². The van der Waals surface area contributed by atoms with Crippen LogP contribution < -0.4 is 21.8 Å². The van der Waals surface area contributed by atoms with Crippen molar-refractivity contribution in [2.45, 2.75) is 18.9 Å². The Labute approximate surface area is 208 Å². The van der Waals surface area contributed by atoms with Crippen LogP contribution >= 0.6 is 0 Å². The quantitative estimate of drug-likeness (QED) is 0.139. The van der Waals surface area contributed by atoms with E-state index in [0.717, 1.165) is 21.5 Å². The third kappa shape index (κ3) is 5.54. The zero-order valence-corrected chi connectivity index (χ0v) is 19.5. The fourth-order valence-electron chi connectivity index (χ4n) is 4.19. The van der Waals surface area contributed by atoms with Gasteiger partial charge in [-0.25, -0.2) is 0 Å². The number of rotatable bonds is 9. The molecule has 0 aliphatic carbocycles. The van der Waals surface area contributed by atoms with Gasteiger partial charge in [0.05, 0.1) is 5.56 Å². The van der Waals surface area contributed by atoms with Crippen LogP contribution in [0.2, 0.25) is 0 Å². The Kier molecular flexibility index (Phi) is 7.63. The molecule has 4 rings (SSSR count). The molecule has 3 amide bonds. The largest absolute Gasteiger partial charge is 0.488 e. The van der Waals surface area contributed by atoms with Crippen molar-refractivity contribution < 1.29 is 24.4 Å². The summed E-state index contributed by atoms with van der Waals surface area (Å²) in [6, 6.07) is 22.2. The first-order chi connectivity index (χ1) is 17.3. The Bertz CT molecular complexity index is 1370. The minimum Gasteiger partial charge on any atom is -0.423 e. The molecule has 0 spiro atoms. The summed E-state index contributed by atoms with van der Waals surface area (Å²) in [6.07, 6.45) is 0.656. The summed E-state index contributed by atoms with van der Waals surface area (Å²) in [4.78, 5) is 37.6. The number of nitrogens with one attached hydrogen (secondary N) is 2. The molecule has 0 aliphatic rings. The van der Waals surface area contributed by atoms with E-state index in [1.807, 2.05) is 48.5 Å². The highest BCUT2D eigenvalue weighted by atomic mass is 16.4. The van der Waals surface area contributed by atoms with Gasteiger partial charge in [0.2, 0.25) is 5.91 Å². The summed E-state index contributed by atoms with van der Waals surface area (Å²) < 4.78 is 0. The average Bonchev–Trinajstić information content (AvgIpc) is 2.88. The van der Waals surface area contributed by atoms with Crippen LogP contribution in [0.15, 0.2) is 78.9 Å². The van der Waals surface area contributed by atoms with Crippen molar-refractivity contribution in [3.8, 4) is 0 Å². The maximum absolute atomic E-state index is 13.2. The number of carbonyl (C=O) groups is 3. The van der Waals surface area contributed by atoms with E-state index in [1.165, 1.54) is 24.3 Å². The number of amides is 3. The zero-order chi connectivity index (χ0) is 25.7. The van der Waals surface area contributed by atoms with Crippen LogP contribution in [0, 0.1) is 0 Å². The molecular formula is C27H26BN3O5. The third-order valence-electron chi connectivity index (χ3n) is 6.07. The smallest absolute Gasteiger partial charge is 0.423 e. The van der Waals surface area contributed by atoms with Gasteiger partial charge in [-0.05, 0) is 58.0 Å². The second-order valence-electron chi connectivity index (χ2n) is 8.52. The van der Waals surface area contributed by atoms with E-state index in [-0.39, 0.29) is 23.4 Å². The molecular weight excluding hydrogens is 457 g/mol. The molecule has 0 aromatic heterocycles. The van der Waals surface area contributed by atoms with Crippen LogP contribution in [0.25, 0.3) is 21.5 Å². The Morgan fingerprint density at radius 3 is 1.97 bits per heavy atom. The molecule has 0 bridgehead atoms. The van der Waals surface area contributed by atoms with E-state index in [2.05, 4.69) is 16.7 Å². The van der Waals surface area contributed by atoms with Gasteiger partial charge in [0, 0.05) is 12.1 Å². The molecule has 1 unspecified atom stereocenters. The Morgan fingerprint density at radius 2 is 1.42 bits per heavy atom. The van der Waals surface area contributed by atoms with Gasteiger partial charge in [0.15, 0.2) is 0 Å². The molecule has 0 saturated carbocycles. The van der Waals surface area contributed by atoms with Crippen LogP contribution in [0.5, 0.6) is 0 Å². The summed E-state index contributed by atoms with van der Waals surface area (Å²) in [5.41, 5.74) is 6.57. The SMILES string of the molecule is NC(=O)C(CCCNC(=O)c1c2ccccc2cc2ccccc12)NC(=O)c1ccc(B(O)O)cc1. The lowest BCUT2D eigenvalue weighted by Gasteiger charge is -2.16. The molecule has 36 heavy (non-hydrogen) atoms. The topological polar surface area (TPSA) is 142 Å². The van der Waals surface area contributed by atoms with Crippen LogP contribution in [0.3, 0.4) is 0 Å². The first-order valence-corrected chi connectivity index (χ1v) is 11.6. The molecule has 8 nitrogen and oxygen atoms in total. The molecule has 9 heteroatoms. The maximum atomic E-state index is 13.2. The van der Waals surface area contributed by atoms with Gasteiger partial charge in [0.25, 0.3) is 11.8 Å². The molecule has 0 heterocycles. The fourth-order valence-corrected chi connectivity index (χ4v) is 4.19. The second-order valence-corrected chi connectivity index (χ2v) is 8.52. The fraction of sp³-hybridized carbons (Fsp3) is 0.148. The van der Waals surface area contributed by atoms with E-state index in [0.29, 0.717) is 18.5 Å². The molecule has 4 aromatic carbocycles. The first-order valence-electron chi connectivity index (χ1n) is 11.6. The summed E-state index contributed by atoms with van der Waals surface area (Å²) in [5.74, 6) is -1.41. The zero-order valence-electron chi connectivity index (χ0n) is 19.5. The molecule has 6 N–H and O–H groups in total. The molecule has 0 fully saturated rings. The standard InChI is InChI=1S/C27H26BN3O5/c29-25(32)23(31-26(33)17-11-13-20(14-12-17)28(35)36)10-5-15-30-27(34)24-21-8-3-1-6-18(21)16-19-7-2-4-9-22(19)24/h1-4,6-9,11-14,16,23,35-36H,5,10,15H2,(H2,29,32)(H,30,34)(H,31,33). The van der Waals surface area contributed by atoms with Crippen molar-refractivity contribution in [1.29, 1.82) is 0 Å². The van der Waals surface area contributed by atoms with E-state index in [1.54, 1.807) is 0 Å². The summed E-state index contributed by atoms with van der Waals surface area (Å²) in [7, 11) is -1.64. The Morgan fingerprint density at radius 1 is 0.833 bits per heavy atom. The Balaban J connectivity index is 1.39. The highest BCUT2D eigenvalue weighted by Crippen LogP contribution is 2.28. The van der Waals surface area contributed by atoms with Crippen molar-refractivity contribution in [3.05, 3.63) is 90.0 Å². The lowest BCUT2D eigenvalue weighted by Crippen LogP contribution is -2.45. The van der Waals surface area contributed by atoms with Crippen molar-refractivity contribution in [2.24, 2.45) is 5.73 Å². The van der Waals surface area contributed by atoms with Crippen LogP contribution in [0.4, 0.5) is 0 Å². The van der Waals surface area contributed by atoms with Crippen molar-refractivity contribution in [3.63, 3.8) is 0 Å².